The lowest BCUT2D eigenvalue weighted by Gasteiger charge is -2.52. The fraction of sp³-hybridized carbons (Fsp3) is 0.529. The Kier molecular flexibility index (Phi) is 1.77. The number of carbonyl (C=O) groups excluding carboxylic acids is 2. The van der Waals surface area contributed by atoms with E-state index in [9.17, 15) is 14.7 Å². The Balaban J connectivity index is 1.42. The normalized spacial score (nSPS) is 52.0. The molecule has 1 heterocycles. The first-order valence-corrected chi connectivity index (χ1v) is 7.57. The van der Waals surface area contributed by atoms with Crippen LogP contribution in [0.4, 0.5) is 0 Å². The number of rotatable bonds is 3. The minimum absolute atomic E-state index is 0.00984. The van der Waals surface area contributed by atoms with Crippen LogP contribution in [-0.4, -0.2) is 34.9 Å². The zero-order valence-corrected chi connectivity index (χ0v) is 12.3. The molecule has 6 atom stereocenters. The first kappa shape index (κ1) is 12.6. The van der Waals surface area contributed by atoms with Crippen molar-refractivity contribution in [1.82, 2.24) is 0 Å². The second-order valence-electron chi connectivity index (χ2n) is 7.20. The molecular formula is C17H16O5. The Morgan fingerprint density at radius 2 is 2.05 bits per heavy atom. The van der Waals surface area contributed by atoms with E-state index < -0.39 is 28.0 Å². The van der Waals surface area contributed by atoms with E-state index >= 15 is 0 Å². The van der Waals surface area contributed by atoms with Gasteiger partial charge in [0, 0.05) is 11.8 Å². The smallest absolute Gasteiger partial charge is 0.338 e. The minimum atomic E-state index is -0.869. The average molecular weight is 300 g/mol. The Morgan fingerprint density at radius 3 is 2.73 bits per heavy atom. The van der Waals surface area contributed by atoms with Gasteiger partial charge in [-0.05, 0) is 19.1 Å². The predicted octanol–water partition coefficient (Wildman–Crippen LogP) is 1.16. The minimum Gasteiger partial charge on any atom is -0.461 e. The second kappa shape index (κ2) is 3.08. The van der Waals surface area contributed by atoms with Gasteiger partial charge in [0.2, 0.25) is 0 Å². The molecule has 1 N–H and O–H groups in total. The van der Waals surface area contributed by atoms with E-state index in [1.54, 1.807) is 24.3 Å². The van der Waals surface area contributed by atoms with Crippen molar-refractivity contribution in [1.29, 1.82) is 0 Å². The van der Waals surface area contributed by atoms with Crippen LogP contribution in [0, 0.1) is 22.7 Å². The van der Waals surface area contributed by atoms with Crippen LogP contribution in [0.5, 0.6) is 0 Å². The molecule has 22 heavy (non-hydrogen) atoms. The summed E-state index contributed by atoms with van der Waals surface area (Å²) in [5.74, 6) is -1.01. The molecule has 4 fully saturated rings. The third kappa shape index (κ3) is 0.827. The molecule has 114 valence electrons. The summed E-state index contributed by atoms with van der Waals surface area (Å²) in [6.07, 6.45) is 0. The Morgan fingerprint density at radius 1 is 1.36 bits per heavy atom. The van der Waals surface area contributed by atoms with Crippen molar-refractivity contribution in [2.24, 2.45) is 22.7 Å². The fourth-order valence-corrected chi connectivity index (χ4v) is 6.00. The van der Waals surface area contributed by atoms with Gasteiger partial charge >= 0.3 is 11.9 Å². The molecule has 0 aromatic heterocycles. The van der Waals surface area contributed by atoms with E-state index in [1.165, 1.54) is 0 Å². The highest BCUT2D eigenvalue weighted by Gasteiger charge is 3.20. The van der Waals surface area contributed by atoms with Crippen molar-refractivity contribution in [3.8, 4) is 0 Å². The maximum Gasteiger partial charge on any atom is 0.338 e. The van der Waals surface area contributed by atoms with Crippen LogP contribution in [0.25, 0.3) is 0 Å². The Bertz CT molecular complexity index is 745. The lowest BCUT2D eigenvalue weighted by Crippen LogP contribution is -2.65. The maximum absolute atomic E-state index is 12.4. The first-order valence-electron chi connectivity index (χ1n) is 7.57. The summed E-state index contributed by atoms with van der Waals surface area (Å²) in [5, 5.41) is 10.6. The average Bonchev–Trinajstić information content (AvgIpc) is 3.28. The predicted molar refractivity (Wildman–Crippen MR) is 73.7 cm³/mol. The van der Waals surface area contributed by atoms with Crippen LogP contribution in [0.3, 0.4) is 0 Å². The lowest BCUT2D eigenvalue weighted by molar-refractivity contribution is -0.191. The second-order valence-corrected chi connectivity index (χ2v) is 7.20. The molecule has 1 aromatic rings. The van der Waals surface area contributed by atoms with Crippen molar-refractivity contribution in [2.75, 3.05) is 6.61 Å². The molecule has 0 radical (unpaired) electrons. The van der Waals surface area contributed by atoms with Gasteiger partial charge in [-0.25, -0.2) is 4.79 Å². The summed E-state index contributed by atoms with van der Waals surface area (Å²) in [6.45, 7) is 3.70. The molecule has 0 bridgehead atoms. The van der Waals surface area contributed by atoms with Crippen molar-refractivity contribution in [2.45, 2.75) is 25.0 Å². The van der Waals surface area contributed by atoms with Gasteiger partial charge in [-0.1, -0.05) is 25.1 Å². The van der Waals surface area contributed by atoms with Crippen molar-refractivity contribution >= 4 is 11.9 Å². The quantitative estimate of drug-likeness (QED) is 0.848. The Hall–Kier alpha value is -1.88. The molecule has 1 aliphatic heterocycles. The highest BCUT2D eigenvalue weighted by Crippen LogP contribution is 3.07. The van der Waals surface area contributed by atoms with Gasteiger partial charge in [-0.15, -0.1) is 0 Å². The van der Waals surface area contributed by atoms with E-state index in [-0.39, 0.29) is 24.4 Å². The van der Waals surface area contributed by atoms with Crippen molar-refractivity contribution in [3.05, 3.63) is 35.9 Å². The fourth-order valence-electron chi connectivity index (χ4n) is 6.00. The molecule has 0 amide bonds. The van der Waals surface area contributed by atoms with Gasteiger partial charge in [-0.2, -0.15) is 0 Å². The molecule has 5 heteroatoms. The molecule has 1 saturated heterocycles. The molecule has 5 nitrogen and oxygen atoms in total. The molecule has 1 aromatic carbocycles. The molecule has 1 spiro atoms. The summed E-state index contributed by atoms with van der Waals surface area (Å²) in [4.78, 5) is 24.5. The largest absolute Gasteiger partial charge is 0.461 e. The van der Waals surface area contributed by atoms with Gasteiger partial charge in [-0.3, -0.25) is 4.79 Å². The standard InChI is InChI=1S/C17H16O5/c1-9-15(8-21-11(18)10-6-4-3-5-7-10)13(19)22-14(2)12-16(9,20)17(12,14)15/h3-7,9,12,20H,8H2,1-2H3/t9-,12?,14+,15?,16-,17-/m1/s1. The third-order valence-corrected chi connectivity index (χ3v) is 6.88. The molecule has 3 aliphatic carbocycles. The summed E-state index contributed by atoms with van der Waals surface area (Å²) >= 11 is 0. The van der Waals surface area contributed by atoms with E-state index in [0.29, 0.717) is 5.56 Å². The van der Waals surface area contributed by atoms with E-state index in [1.807, 2.05) is 19.9 Å². The van der Waals surface area contributed by atoms with Gasteiger partial charge in [0.1, 0.15) is 17.6 Å². The Labute approximate surface area is 127 Å². The molecule has 3 saturated carbocycles. The summed E-state index contributed by atoms with van der Waals surface area (Å²) in [7, 11) is 0. The maximum atomic E-state index is 12.4. The van der Waals surface area contributed by atoms with Crippen LogP contribution in [0.1, 0.15) is 24.2 Å². The van der Waals surface area contributed by atoms with Gasteiger partial charge in [0.15, 0.2) is 0 Å². The zero-order chi connectivity index (χ0) is 15.5. The van der Waals surface area contributed by atoms with Crippen LogP contribution in [-0.2, 0) is 14.3 Å². The third-order valence-electron chi connectivity index (χ3n) is 6.88. The number of esters is 2. The van der Waals surface area contributed by atoms with Crippen LogP contribution < -0.4 is 0 Å². The number of hydrogen-bond donors (Lipinski definition) is 1. The molecule has 2 unspecified atom stereocenters. The topological polar surface area (TPSA) is 72.8 Å². The number of aliphatic hydroxyl groups is 1. The number of fused-ring (bicyclic) bond motifs is 2. The first-order chi connectivity index (χ1) is 10.4. The SMILES string of the molecule is C[C@@H]1C2(COC(=O)c3ccccc3)C(=O)O[C@@]3(C)C4[C@]23[C@]41O. The molecule has 4 aliphatic rings. The van der Waals surface area contributed by atoms with Crippen LogP contribution in [0.15, 0.2) is 30.3 Å². The number of benzene rings is 1. The summed E-state index contributed by atoms with van der Waals surface area (Å²) < 4.78 is 10.9. The van der Waals surface area contributed by atoms with Crippen LogP contribution >= 0.6 is 0 Å². The number of hydrogen-bond acceptors (Lipinski definition) is 5. The van der Waals surface area contributed by atoms with E-state index in [2.05, 4.69) is 0 Å². The van der Waals surface area contributed by atoms with Crippen molar-refractivity contribution < 1.29 is 24.2 Å². The van der Waals surface area contributed by atoms with Crippen LogP contribution in [0.2, 0.25) is 0 Å². The summed E-state index contributed by atoms with van der Waals surface area (Å²) in [5.41, 5.74) is -2.28. The van der Waals surface area contributed by atoms with Gasteiger partial charge in [0.05, 0.1) is 16.6 Å². The van der Waals surface area contributed by atoms with Gasteiger partial charge < -0.3 is 14.6 Å². The lowest BCUT2D eigenvalue weighted by atomic mass is 9.50. The van der Waals surface area contributed by atoms with Gasteiger partial charge in [0.25, 0.3) is 0 Å². The highest BCUT2D eigenvalue weighted by molar-refractivity contribution is 5.95. The van der Waals surface area contributed by atoms with E-state index in [4.69, 9.17) is 9.47 Å². The molecule has 5 rings (SSSR count). The summed E-state index contributed by atoms with van der Waals surface area (Å²) in [6, 6.07) is 8.69. The highest BCUT2D eigenvalue weighted by atomic mass is 16.6. The van der Waals surface area contributed by atoms with E-state index in [0.717, 1.165) is 0 Å². The monoisotopic (exact) mass is 300 g/mol. The molecular weight excluding hydrogens is 284 g/mol. The number of carbonyl (C=O) groups is 2. The van der Waals surface area contributed by atoms with Crippen molar-refractivity contribution in [3.63, 3.8) is 0 Å². The zero-order valence-electron chi connectivity index (χ0n) is 12.3. The number of ether oxygens (including phenoxy) is 2.